The molecule has 4 aromatic rings. The summed E-state index contributed by atoms with van der Waals surface area (Å²) in [4.78, 5) is 34.1. The van der Waals surface area contributed by atoms with Crippen molar-refractivity contribution in [3.63, 3.8) is 0 Å². The van der Waals surface area contributed by atoms with E-state index < -0.39 is 11.4 Å². The summed E-state index contributed by atoms with van der Waals surface area (Å²) in [6.45, 7) is 5.56. The predicted molar refractivity (Wildman–Crippen MR) is 171 cm³/mol. The predicted octanol–water partition coefficient (Wildman–Crippen LogP) is 4.52. The van der Waals surface area contributed by atoms with Gasteiger partial charge in [-0.1, -0.05) is 48.2 Å². The normalized spacial score (nSPS) is 15.8. The fourth-order valence-corrected chi connectivity index (χ4v) is 6.57. The van der Waals surface area contributed by atoms with Gasteiger partial charge in [-0.25, -0.2) is 4.98 Å². The first kappa shape index (κ1) is 31.0. The molecule has 1 aromatic heterocycles. The molecule has 1 aliphatic rings. The van der Waals surface area contributed by atoms with Crippen molar-refractivity contribution in [3.05, 3.63) is 76.6 Å². The van der Waals surface area contributed by atoms with Crippen LogP contribution in [0.1, 0.15) is 43.4 Å². The molecular weight excluding hydrogens is 564 g/mol. The van der Waals surface area contributed by atoms with Crippen molar-refractivity contribution in [2.45, 2.75) is 55.7 Å². The second-order valence-corrected chi connectivity index (χ2v) is 11.8. The largest absolute Gasteiger partial charge is 0.494 e. The van der Waals surface area contributed by atoms with Crippen molar-refractivity contribution in [2.75, 3.05) is 39.5 Å². The molecule has 3 aromatic carbocycles. The van der Waals surface area contributed by atoms with Crippen molar-refractivity contribution in [2.24, 2.45) is 5.73 Å². The monoisotopic (exact) mass is 604 g/mol. The third kappa shape index (κ3) is 7.56. The van der Waals surface area contributed by atoms with Gasteiger partial charge in [0.2, 0.25) is 5.91 Å². The third-order valence-electron chi connectivity index (χ3n) is 7.67. The number of carbonyl (C=O) groups excluding carboxylic acids is 1. The van der Waals surface area contributed by atoms with Crippen LogP contribution < -0.4 is 16.0 Å². The molecule has 1 fully saturated rings. The molecule has 0 saturated carbocycles. The topological polar surface area (TPSA) is 120 Å². The zero-order valence-electron chi connectivity index (χ0n) is 24.6. The molecule has 2 atom stereocenters. The Hall–Kier alpha value is -3.44. The summed E-state index contributed by atoms with van der Waals surface area (Å²) in [5.41, 5.74) is 6.70. The number of aliphatic hydroxyl groups excluding tert-OH is 1. The number of amides is 1. The number of β-amino-alcohol motifs (C(OH)–C–C–N with tert-alkyl or cyclic N) is 1. The number of nitrogens with zero attached hydrogens (tertiary/aromatic N) is 3. The van der Waals surface area contributed by atoms with Gasteiger partial charge >= 0.3 is 0 Å². The Morgan fingerprint density at radius 1 is 1.07 bits per heavy atom. The van der Waals surface area contributed by atoms with E-state index in [-0.39, 0.29) is 11.5 Å². The Kier molecular flexibility index (Phi) is 10.7. The first-order valence-corrected chi connectivity index (χ1v) is 15.9. The van der Waals surface area contributed by atoms with Gasteiger partial charge in [0, 0.05) is 32.8 Å². The molecule has 0 bridgehead atoms. The van der Waals surface area contributed by atoms with E-state index in [4.69, 9.17) is 20.2 Å². The number of fused-ring (bicyclic) bond motifs is 2. The molecule has 0 spiro atoms. The number of hydrogen-bond acceptors (Lipinski definition) is 8. The lowest BCUT2D eigenvalue weighted by Gasteiger charge is -2.24. The van der Waals surface area contributed by atoms with Crippen LogP contribution in [0.2, 0.25) is 0 Å². The number of thioether (sulfide) groups is 1. The average molecular weight is 605 g/mol. The number of ether oxygens (including phenoxy) is 2. The Labute approximate surface area is 256 Å². The second-order valence-electron chi connectivity index (χ2n) is 10.8. The summed E-state index contributed by atoms with van der Waals surface area (Å²) in [6.07, 6.45) is 2.91. The highest BCUT2D eigenvalue weighted by atomic mass is 32.2. The second kappa shape index (κ2) is 14.8. The molecule has 0 radical (unpaired) electrons. The highest BCUT2D eigenvalue weighted by Gasteiger charge is 2.33. The smallest absolute Gasteiger partial charge is 0.262 e. The Morgan fingerprint density at radius 2 is 1.81 bits per heavy atom. The highest BCUT2D eigenvalue weighted by molar-refractivity contribution is 8.00. The molecule has 1 saturated heterocycles. The molecule has 2 heterocycles. The van der Waals surface area contributed by atoms with E-state index in [1.54, 1.807) is 9.47 Å². The van der Waals surface area contributed by atoms with Gasteiger partial charge in [0.15, 0.2) is 5.16 Å². The minimum atomic E-state index is -0.643. The van der Waals surface area contributed by atoms with Crippen LogP contribution in [0.5, 0.6) is 5.75 Å². The lowest BCUT2D eigenvalue weighted by molar-refractivity contribution is -0.130. The van der Waals surface area contributed by atoms with Crippen molar-refractivity contribution in [3.8, 4) is 5.75 Å². The Balaban J connectivity index is 1.37. The number of aliphatic hydroxyl groups is 1. The summed E-state index contributed by atoms with van der Waals surface area (Å²) < 4.78 is 13.0. The van der Waals surface area contributed by atoms with Crippen LogP contribution in [0.3, 0.4) is 0 Å². The number of rotatable bonds is 14. The van der Waals surface area contributed by atoms with Gasteiger partial charge < -0.3 is 25.2 Å². The van der Waals surface area contributed by atoms with E-state index in [9.17, 15) is 14.7 Å². The van der Waals surface area contributed by atoms with E-state index in [2.05, 4.69) is 0 Å². The van der Waals surface area contributed by atoms with Gasteiger partial charge in [-0.3, -0.25) is 14.2 Å². The minimum absolute atomic E-state index is 0.109. The number of aromatic nitrogens is 2. The SMILES string of the molecule is CCn1c(SC(C(=O)N2CCC(O)C2)c2ccc(OCCCCCOCCN)cc2)nc2cc3ccccc3cc2c1=O. The minimum Gasteiger partial charge on any atom is -0.494 e. The molecule has 43 heavy (non-hydrogen) atoms. The van der Waals surface area contributed by atoms with Crippen LogP contribution in [0.25, 0.3) is 21.7 Å². The van der Waals surface area contributed by atoms with E-state index in [0.717, 1.165) is 41.3 Å². The quantitative estimate of drug-likeness (QED) is 0.0933. The lowest BCUT2D eigenvalue weighted by atomic mass is 10.1. The summed E-state index contributed by atoms with van der Waals surface area (Å²) in [7, 11) is 0. The summed E-state index contributed by atoms with van der Waals surface area (Å²) >= 11 is 1.28. The maximum absolute atomic E-state index is 13.9. The Morgan fingerprint density at radius 3 is 2.51 bits per heavy atom. The zero-order valence-corrected chi connectivity index (χ0v) is 25.4. The lowest BCUT2D eigenvalue weighted by Crippen LogP contribution is -2.33. The molecule has 9 nitrogen and oxygen atoms in total. The molecule has 5 rings (SSSR count). The van der Waals surface area contributed by atoms with Crippen molar-refractivity contribution < 1.29 is 19.4 Å². The molecule has 1 aliphatic heterocycles. The molecule has 3 N–H and O–H groups in total. The molecule has 0 aliphatic carbocycles. The van der Waals surface area contributed by atoms with Crippen LogP contribution in [-0.4, -0.2) is 71.0 Å². The average Bonchev–Trinajstić information content (AvgIpc) is 3.47. The van der Waals surface area contributed by atoms with Crippen LogP contribution in [0, 0.1) is 0 Å². The first-order chi connectivity index (χ1) is 21.0. The van der Waals surface area contributed by atoms with Gasteiger partial charge in [-0.05, 0) is 73.2 Å². The summed E-state index contributed by atoms with van der Waals surface area (Å²) in [5.74, 6) is 0.625. The summed E-state index contributed by atoms with van der Waals surface area (Å²) in [6, 6.07) is 19.3. The van der Waals surface area contributed by atoms with Crippen molar-refractivity contribution in [1.29, 1.82) is 0 Å². The summed E-state index contributed by atoms with van der Waals surface area (Å²) in [5, 5.41) is 12.5. The first-order valence-electron chi connectivity index (χ1n) is 15.1. The van der Waals surface area contributed by atoms with Crippen LogP contribution in [-0.2, 0) is 16.1 Å². The van der Waals surface area contributed by atoms with E-state index in [0.29, 0.717) is 68.5 Å². The number of nitrogens with two attached hydrogens (primary N) is 1. The fourth-order valence-electron chi connectivity index (χ4n) is 5.33. The van der Waals surface area contributed by atoms with Crippen molar-refractivity contribution in [1.82, 2.24) is 14.5 Å². The molecule has 10 heteroatoms. The van der Waals surface area contributed by atoms with Gasteiger partial charge in [0.1, 0.15) is 11.0 Å². The van der Waals surface area contributed by atoms with Crippen LogP contribution in [0.15, 0.2) is 70.6 Å². The number of benzene rings is 3. The molecule has 228 valence electrons. The zero-order chi connectivity index (χ0) is 30.2. The number of carbonyl (C=O) groups is 1. The number of hydrogen-bond donors (Lipinski definition) is 2. The van der Waals surface area contributed by atoms with Gasteiger partial charge in [0.05, 0.1) is 30.2 Å². The van der Waals surface area contributed by atoms with Gasteiger partial charge in [0.25, 0.3) is 5.56 Å². The third-order valence-corrected chi connectivity index (χ3v) is 8.90. The Bertz CT molecular complexity index is 1590. The highest BCUT2D eigenvalue weighted by Crippen LogP contribution is 2.38. The van der Waals surface area contributed by atoms with Crippen molar-refractivity contribution >= 4 is 39.3 Å². The maximum Gasteiger partial charge on any atom is 0.262 e. The van der Waals surface area contributed by atoms with Gasteiger partial charge in [-0.15, -0.1) is 0 Å². The number of unbranched alkanes of at least 4 members (excludes halogenated alkanes) is 2. The van der Waals surface area contributed by atoms with E-state index in [1.165, 1.54) is 11.8 Å². The van der Waals surface area contributed by atoms with E-state index >= 15 is 0 Å². The maximum atomic E-state index is 13.9. The van der Waals surface area contributed by atoms with E-state index in [1.807, 2.05) is 67.6 Å². The molecule has 1 amide bonds. The van der Waals surface area contributed by atoms with Crippen LogP contribution >= 0.6 is 11.8 Å². The molecular formula is C33H40N4O5S. The fraction of sp³-hybridized carbons (Fsp3) is 0.424. The van der Waals surface area contributed by atoms with Gasteiger partial charge in [-0.2, -0.15) is 0 Å². The standard InChI is InChI=1S/C33H40N4O5S/c1-2-37-31(39)28-20-24-8-4-5-9-25(24)21-29(28)35-33(37)43-30(32(40)36-16-14-26(38)22-36)23-10-12-27(13-11-23)42-18-7-3-6-17-41-19-15-34/h4-5,8-13,20-21,26,30,38H,2-3,6-7,14-19,22,34H2,1H3. The van der Waals surface area contributed by atoms with Crippen LogP contribution in [0.4, 0.5) is 0 Å². The molecule has 2 unspecified atom stereocenters. The number of likely N-dealkylation sites (tertiary alicyclic amines) is 1.